The molecule has 2 aromatic carbocycles. The Labute approximate surface area is 197 Å². The minimum absolute atomic E-state index is 0. The number of aromatic nitrogens is 1. The molecule has 1 fully saturated rings. The zero-order chi connectivity index (χ0) is 21.8. The second-order valence-electron chi connectivity index (χ2n) is 9.37. The summed E-state index contributed by atoms with van der Waals surface area (Å²) in [6.07, 6.45) is 7.48. The minimum Gasteiger partial charge on any atom is -0.481 e. The molecule has 2 N–H and O–H groups in total. The maximum Gasteiger partial charge on any atom is 0.303 e. The van der Waals surface area contributed by atoms with Gasteiger partial charge in [-0.05, 0) is 82.2 Å². The van der Waals surface area contributed by atoms with Crippen LogP contribution in [0.15, 0.2) is 54.6 Å². The third-order valence-electron chi connectivity index (χ3n) is 7.31. The normalized spacial score (nSPS) is 20.9. The Morgan fingerprint density at radius 1 is 1.06 bits per heavy atom. The monoisotopic (exact) mass is 454 g/mol. The zero-order valence-electron chi connectivity index (χ0n) is 19.1. The number of para-hydroxylation sites is 1. The first-order chi connectivity index (χ1) is 15.0. The third-order valence-corrected chi connectivity index (χ3v) is 7.31. The maximum atomic E-state index is 11.1. The molecule has 172 valence electrons. The molecule has 1 saturated carbocycles. The van der Waals surface area contributed by atoms with E-state index in [0.717, 1.165) is 25.7 Å². The number of carbonyl (C=O) groups is 1. The molecule has 3 aromatic rings. The highest BCUT2D eigenvalue weighted by molar-refractivity contribution is 5.85. The van der Waals surface area contributed by atoms with E-state index in [1.54, 1.807) is 0 Å². The molecule has 0 saturated heterocycles. The smallest absolute Gasteiger partial charge is 0.303 e. The van der Waals surface area contributed by atoms with Crippen LogP contribution in [0.5, 0.6) is 0 Å². The Balaban J connectivity index is 0.00000289. The molecule has 4 nitrogen and oxygen atoms in total. The number of halogens is 1. The van der Waals surface area contributed by atoms with Crippen molar-refractivity contribution in [3.63, 3.8) is 0 Å². The summed E-state index contributed by atoms with van der Waals surface area (Å²) < 4.78 is 0. The first-order valence-electron chi connectivity index (χ1n) is 11.5. The lowest BCUT2D eigenvalue weighted by Crippen LogP contribution is -2.48. The van der Waals surface area contributed by atoms with Gasteiger partial charge in [0.05, 0.1) is 0 Å². The zero-order valence-corrected chi connectivity index (χ0v) is 20.0. The molecule has 1 aliphatic rings. The number of carboxylic acids is 1. The van der Waals surface area contributed by atoms with Crippen LogP contribution in [0.4, 0.5) is 0 Å². The number of benzene rings is 2. The number of rotatable bonds is 8. The number of nitrogens with one attached hydrogen (secondary N) is 1. The van der Waals surface area contributed by atoms with E-state index < -0.39 is 5.97 Å². The number of aromatic amines is 1. The lowest BCUT2D eigenvalue weighted by atomic mass is 9.71. The number of nitrogens with zero attached hydrogens (tertiary/aromatic N) is 1. The highest BCUT2D eigenvalue weighted by atomic mass is 35.5. The van der Waals surface area contributed by atoms with Crippen molar-refractivity contribution >= 4 is 29.3 Å². The Bertz CT molecular complexity index is 1020. The Morgan fingerprint density at radius 2 is 1.72 bits per heavy atom. The second-order valence-corrected chi connectivity index (χ2v) is 9.37. The standard InChI is InChI=1S/C27H34N2O2.ClH/c1-29(2)27(19-20-9-4-3-5-10-20)17-15-21(16-18-27)26-23(12-8-14-25(30)31)22-11-6-7-13-24(22)28-26;/h3-7,9-11,13,21,28H,8,12,14-19H2,1-2H3,(H,30,31);1H. The van der Waals surface area contributed by atoms with Gasteiger partial charge in [-0.25, -0.2) is 0 Å². The molecular formula is C27H35ClN2O2. The highest BCUT2D eigenvalue weighted by Gasteiger charge is 2.38. The minimum atomic E-state index is -0.712. The molecule has 1 aromatic heterocycles. The van der Waals surface area contributed by atoms with Gasteiger partial charge in [-0.15, -0.1) is 12.4 Å². The number of hydrogen-bond donors (Lipinski definition) is 2. The van der Waals surface area contributed by atoms with Crippen LogP contribution >= 0.6 is 12.4 Å². The van der Waals surface area contributed by atoms with E-state index in [4.69, 9.17) is 5.11 Å². The largest absolute Gasteiger partial charge is 0.481 e. The molecule has 0 atom stereocenters. The van der Waals surface area contributed by atoms with Crippen LogP contribution in [0.1, 0.15) is 61.3 Å². The van der Waals surface area contributed by atoms with Crippen LogP contribution in [0.25, 0.3) is 10.9 Å². The molecule has 0 aliphatic heterocycles. The molecule has 0 radical (unpaired) electrons. The summed E-state index contributed by atoms with van der Waals surface area (Å²) in [5, 5.41) is 10.4. The lowest BCUT2D eigenvalue weighted by Gasteiger charge is -2.45. The van der Waals surface area contributed by atoms with E-state index in [9.17, 15) is 4.79 Å². The Morgan fingerprint density at radius 3 is 2.38 bits per heavy atom. The summed E-state index contributed by atoms with van der Waals surface area (Å²) in [5.41, 5.74) is 5.47. The molecule has 0 amide bonds. The van der Waals surface area contributed by atoms with Crippen LogP contribution in [-0.2, 0) is 17.6 Å². The quantitative estimate of drug-likeness (QED) is 0.426. The SMILES string of the molecule is CN(C)C1(Cc2ccccc2)CCC(c2[nH]c3ccccc3c2CCCC(=O)O)CC1.Cl. The van der Waals surface area contributed by atoms with Crippen LogP contribution < -0.4 is 0 Å². The van der Waals surface area contributed by atoms with E-state index in [2.05, 4.69) is 78.6 Å². The van der Waals surface area contributed by atoms with Crippen LogP contribution in [0.2, 0.25) is 0 Å². The first kappa shape index (κ1) is 24.3. The third kappa shape index (κ3) is 5.19. The van der Waals surface area contributed by atoms with E-state index in [1.165, 1.54) is 40.6 Å². The topological polar surface area (TPSA) is 56.3 Å². The van der Waals surface area contributed by atoms with Crippen LogP contribution in [0, 0.1) is 0 Å². The number of aliphatic carboxylic acids is 1. The second kappa shape index (κ2) is 10.5. The summed E-state index contributed by atoms with van der Waals surface area (Å²) in [5.74, 6) is -0.202. The van der Waals surface area contributed by atoms with Crippen molar-refractivity contribution in [1.82, 2.24) is 9.88 Å². The fourth-order valence-electron chi connectivity index (χ4n) is 5.46. The van der Waals surface area contributed by atoms with Crippen molar-refractivity contribution in [1.29, 1.82) is 0 Å². The predicted molar refractivity (Wildman–Crippen MR) is 134 cm³/mol. The fourth-order valence-corrected chi connectivity index (χ4v) is 5.46. The molecular weight excluding hydrogens is 420 g/mol. The number of hydrogen-bond acceptors (Lipinski definition) is 2. The molecule has 0 unspecified atom stereocenters. The summed E-state index contributed by atoms with van der Waals surface area (Å²) >= 11 is 0. The average Bonchev–Trinajstić information content (AvgIpc) is 3.13. The molecule has 32 heavy (non-hydrogen) atoms. The van der Waals surface area contributed by atoms with E-state index in [1.807, 2.05) is 0 Å². The van der Waals surface area contributed by atoms with Crippen molar-refractivity contribution in [3.8, 4) is 0 Å². The van der Waals surface area contributed by atoms with Gasteiger partial charge in [-0.2, -0.15) is 0 Å². The number of H-pyrrole nitrogens is 1. The molecule has 0 spiro atoms. The summed E-state index contributed by atoms with van der Waals surface area (Å²) in [6.45, 7) is 0. The maximum absolute atomic E-state index is 11.1. The van der Waals surface area contributed by atoms with Crippen molar-refractivity contribution < 1.29 is 9.90 Å². The van der Waals surface area contributed by atoms with Crippen LogP contribution in [-0.4, -0.2) is 40.6 Å². The number of aryl methyl sites for hydroxylation is 1. The van der Waals surface area contributed by atoms with Gasteiger partial charge in [-0.1, -0.05) is 48.5 Å². The van der Waals surface area contributed by atoms with E-state index >= 15 is 0 Å². The van der Waals surface area contributed by atoms with Gasteiger partial charge in [0.15, 0.2) is 0 Å². The number of carboxylic acid groups (broad SMARTS) is 1. The summed E-state index contributed by atoms with van der Waals surface area (Å²) in [6, 6.07) is 19.3. The van der Waals surface area contributed by atoms with E-state index in [-0.39, 0.29) is 24.4 Å². The summed E-state index contributed by atoms with van der Waals surface area (Å²) in [4.78, 5) is 17.2. The van der Waals surface area contributed by atoms with Gasteiger partial charge in [0.2, 0.25) is 0 Å². The van der Waals surface area contributed by atoms with Gasteiger partial charge in [0, 0.05) is 28.6 Å². The van der Waals surface area contributed by atoms with Crippen molar-refractivity contribution in [2.24, 2.45) is 0 Å². The van der Waals surface area contributed by atoms with Crippen molar-refractivity contribution in [2.45, 2.75) is 62.8 Å². The van der Waals surface area contributed by atoms with Crippen molar-refractivity contribution in [2.75, 3.05) is 14.1 Å². The Kier molecular flexibility index (Phi) is 8.02. The lowest BCUT2D eigenvalue weighted by molar-refractivity contribution is -0.137. The number of likely N-dealkylation sites (N-methyl/N-ethyl adjacent to an activating group) is 1. The molecule has 0 bridgehead atoms. The number of fused-ring (bicyclic) bond motifs is 1. The van der Waals surface area contributed by atoms with Gasteiger partial charge < -0.3 is 15.0 Å². The molecule has 1 aliphatic carbocycles. The fraction of sp³-hybridized carbons (Fsp3) is 0.444. The van der Waals surface area contributed by atoms with Crippen LogP contribution in [0.3, 0.4) is 0 Å². The molecule has 5 heteroatoms. The van der Waals surface area contributed by atoms with E-state index in [0.29, 0.717) is 12.3 Å². The van der Waals surface area contributed by atoms with Gasteiger partial charge in [-0.3, -0.25) is 4.79 Å². The Hall–Kier alpha value is -2.30. The summed E-state index contributed by atoms with van der Waals surface area (Å²) in [7, 11) is 4.45. The first-order valence-corrected chi connectivity index (χ1v) is 11.5. The molecule has 1 heterocycles. The molecule has 4 rings (SSSR count). The highest BCUT2D eigenvalue weighted by Crippen LogP contribution is 2.44. The van der Waals surface area contributed by atoms with Gasteiger partial charge >= 0.3 is 5.97 Å². The predicted octanol–water partition coefficient (Wildman–Crippen LogP) is 6.20. The van der Waals surface area contributed by atoms with Crippen molar-refractivity contribution in [3.05, 3.63) is 71.4 Å². The average molecular weight is 455 g/mol. The van der Waals surface area contributed by atoms with Gasteiger partial charge in [0.25, 0.3) is 0 Å². The van der Waals surface area contributed by atoms with Gasteiger partial charge in [0.1, 0.15) is 0 Å².